The first-order valence-corrected chi connectivity index (χ1v) is 8.48. The van der Waals surface area contributed by atoms with Gasteiger partial charge in [-0.15, -0.1) is 0 Å². The molecular formula is C17H30N2O. The van der Waals surface area contributed by atoms with Crippen molar-refractivity contribution in [3.05, 3.63) is 0 Å². The molecule has 2 aliphatic carbocycles. The summed E-state index contributed by atoms with van der Waals surface area (Å²) in [6.45, 7) is 9.02. The molecular weight excluding hydrogens is 248 g/mol. The van der Waals surface area contributed by atoms with E-state index in [2.05, 4.69) is 37.9 Å². The second kappa shape index (κ2) is 5.01. The predicted molar refractivity (Wildman–Crippen MR) is 81.2 cm³/mol. The van der Waals surface area contributed by atoms with Gasteiger partial charge in [0, 0.05) is 6.04 Å². The summed E-state index contributed by atoms with van der Waals surface area (Å²) < 4.78 is 0. The molecule has 1 N–H and O–H groups in total. The van der Waals surface area contributed by atoms with Gasteiger partial charge in [-0.25, -0.2) is 0 Å². The lowest BCUT2D eigenvalue weighted by molar-refractivity contribution is -0.132. The van der Waals surface area contributed by atoms with Crippen molar-refractivity contribution in [1.82, 2.24) is 10.2 Å². The van der Waals surface area contributed by atoms with Crippen LogP contribution in [0.2, 0.25) is 0 Å². The largest absolute Gasteiger partial charge is 0.322 e. The van der Waals surface area contributed by atoms with Crippen molar-refractivity contribution in [2.45, 2.75) is 84.5 Å². The number of amides is 1. The van der Waals surface area contributed by atoms with Gasteiger partial charge in [0.1, 0.15) is 0 Å². The van der Waals surface area contributed by atoms with Gasteiger partial charge in [-0.2, -0.15) is 0 Å². The van der Waals surface area contributed by atoms with E-state index in [4.69, 9.17) is 0 Å². The van der Waals surface area contributed by atoms with Gasteiger partial charge in [0.2, 0.25) is 5.91 Å². The number of carbonyl (C=O) groups excluding carboxylic acids is 1. The van der Waals surface area contributed by atoms with Crippen molar-refractivity contribution >= 4 is 5.91 Å². The number of rotatable bonds is 4. The third-order valence-corrected chi connectivity index (χ3v) is 5.57. The molecule has 0 radical (unpaired) electrons. The number of hydrogen-bond acceptors (Lipinski definition) is 2. The van der Waals surface area contributed by atoms with Crippen LogP contribution in [-0.2, 0) is 4.79 Å². The molecule has 0 bridgehead atoms. The van der Waals surface area contributed by atoms with Crippen LogP contribution in [0.3, 0.4) is 0 Å². The molecule has 3 nitrogen and oxygen atoms in total. The smallest absolute Gasteiger partial charge is 0.241 e. The molecule has 1 amide bonds. The Morgan fingerprint density at radius 1 is 1.30 bits per heavy atom. The summed E-state index contributed by atoms with van der Waals surface area (Å²) in [4.78, 5) is 15.1. The highest BCUT2D eigenvalue weighted by molar-refractivity contribution is 5.85. The molecule has 1 aliphatic heterocycles. The number of nitrogens with zero attached hydrogens (tertiary/aromatic N) is 1. The lowest BCUT2D eigenvalue weighted by Gasteiger charge is -2.30. The van der Waals surface area contributed by atoms with Gasteiger partial charge in [0.05, 0.1) is 12.2 Å². The highest BCUT2D eigenvalue weighted by atomic mass is 16.2. The molecule has 114 valence electrons. The summed E-state index contributed by atoms with van der Waals surface area (Å²) in [6, 6.07) is 0.544. The van der Waals surface area contributed by atoms with Gasteiger partial charge < -0.3 is 4.90 Å². The molecule has 20 heavy (non-hydrogen) atoms. The second-order valence-electron chi connectivity index (χ2n) is 8.29. The summed E-state index contributed by atoms with van der Waals surface area (Å²) in [5, 5.41) is 3.70. The van der Waals surface area contributed by atoms with Crippen LogP contribution in [0.15, 0.2) is 0 Å². The fourth-order valence-electron chi connectivity index (χ4n) is 4.21. The summed E-state index contributed by atoms with van der Waals surface area (Å²) in [7, 11) is 0. The second-order valence-corrected chi connectivity index (χ2v) is 8.29. The average molecular weight is 278 g/mol. The molecule has 3 aliphatic rings. The molecule has 0 aromatic heterocycles. The highest BCUT2D eigenvalue weighted by Crippen LogP contribution is 2.51. The van der Waals surface area contributed by atoms with Crippen LogP contribution in [0.1, 0.15) is 66.2 Å². The van der Waals surface area contributed by atoms with Gasteiger partial charge in [-0.3, -0.25) is 10.1 Å². The van der Waals surface area contributed by atoms with Crippen molar-refractivity contribution in [3.8, 4) is 0 Å². The van der Waals surface area contributed by atoms with Crippen LogP contribution in [0.25, 0.3) is 0 Å². The Hall–Kier alpha value is -0.570. The molecule has 0 spiro atoms. The molecule has 3 atom stereocenters. The predicted octanol–water partition coefficient (Wildman–Crippen LogP) is 3.15. The van der Waals surface area contributed by atoms with Crippen LogP contribution in [0.4, 0.5) is 0 Å². The Labute approximate surface area is 123 Å². The topological polar surface area (TPSA) is 32.3 Å². The fourth-order valence-corrected chi connectivity index (χ4v) is 4.21. The highest BCUT2D eigenvalue weighted by Gasteiger charge is 2.57. The normalized spacial score (nSPS) is 37.1. The lowest BCUT2D eigenvalue weighted by Crippen LogP contribution is -2.44. The standard InChI is InChI=1S/C17H30N2O/c1-11(2)9-13-16(20)19(14-10-17(14,3)4)15(18-13)12-7-5-6-8-12/h11-15,18H,5-10H2,1-4H3. The van der Waals surface area contributed by atoms with E-state index >= 15 is 0 Å². The minimum Gasteiger partial charge on any atom is -0.322 e. The zero-order chi connectivity index (χ0) is 14.5. The third kappa shape index (κ3) is 2.49. The number of nitrogens with one attached hydrogen (secondary N) is 1. The van der Waals surface area contributed by atoms with Crippen LogP contribution in [-0.4, -0.2) is 29.1 Å². The maximum Gasteiger partial charge on any atom is 0.241 e. The quantitative estimate of drug-likeness (QED) is 0.857. The van der Waals surface area contributed by atoms with E-state index in [9.17, 15) is 4.79 Å². The molecule has 2 saturated carbocycles. The van der Waals surface area contributed by atoms with Crippen molar-refractivity contribution in [1.29, 1.82) is 0 Å². The lowest BCUT2D eigenvalue weighted by atomic mass is 10.0. The van der Waals surface area contributed by atoms with E-state index in [1.54, 1.807) is 0 Å². The molecule has 0 aromatic rings. The molecule has 1 heterocycles. The minimum absolute atomic E-state index is 0.0667. The van der Waals surface area contributed by atoms with E-state index in [-0.39, 0.29) is 6.04 Å². The van der Waals surface area contributed by atoms with Gasteiger partial charge in [0.15, 0.2) is 0 Å². The van der Waals surface area contributed by atoms with Crippen LogP contribution >= 0.6 is 0 Å². The number of hydrogen-bond donors (Lipinski definition) is 1. The average Bonchev–Trinajstić information content (AvgIpc) is 2.77. The van der Waals surface area contributed by atoms with Crippen molar-refractivity contribution in [2.75, 3.05) is 0 Å². The Morgan fingerprint density at radius 3 is 2.40 bits per heavy atom. The van der Waals surface area contributed by atoms with Gasteiger partial charge in [-0.1, -0.05) is 40.5 Å². The Kier molecular flexibility index (Phi) is 3.60. The zero-order valence-electron chi connectivity index (χ0n) is 13.5. The fraction of sp³-hybridized carbons (Fsp3) is 0.941. The molecule has 3 heteroatoms. The first-order valence-electron chi connectivity index (χ1n) is 8.48. The third-order valence-electron chi connectivity index (χ3n) is 5.57. The van der Waals surface area contributed by atoms with E-state index in [1.165, 1.54) is 32.1 Å². The van der Waals surface area contributed by atoms with Crippen molar-refractivity contribution < 1.29 is 4.79 Å². The number of carbonyl (C=O) groups is 1. The summed E-state index contributed by atoms with van der Waals surface area (Å²) in [5.41, 5.74) is 0.334. The van der Waals surface area contributed by atoms with Crippen LogP contribution in [0, 0.1) is 17.3 Å². The molecule has 3 unspecified atom stereocenters. The van der Waals surface area contributed by atoms with Gasteiger partial charge in [0.25, 0.3) is 0 Å². The van der Waals surface area contributed by atoms with Crippen molar-refractivity contribution in [2.24, 2.45) is 17.3 Å². The maximum absolute atomic E-state index is 12.8. The summed E-state index contributed by atoms with van der Waals surface area (Å²) in [6.07, 6.45) is 7.75. The van der Waals surface area contributed by atoms with Gasteiger partial charge >= 0.3 is 0 Å². The van der Waals surface area contributed by atoms with Crippen LogP contribution < -0.4 is 5.32 Å². The van der Waals surface area contributed by atoms with E-state index in [1.807, 2.05) is 0 Å². The van der Waals surface area contributed by atoms with E-state index in [0.29, 0.717) is 35.4 Å². The summed E-state index contributed by atoms with van der Waals surface area (Å²) >= 11 is 0. The SMILES string of the molecule is CC(C)CC1NC(C2CCCC2)N(C2CC2(C)C)C1=O. The Balaban J connectivity index is 1.77. The first-order chi connectivity index (χ1) is 9.40. The Morgan fingerprint density at radius 2 is 1.90 bits per heavy atom. The first kappa shape index (κ1) is 14.4. The molecule has 3 rings (SSSR count). The monoisotopic (exact) mass is 278 g/mol. The molecule has 1 saturated heterocycles. The van der Waals surface area contributed by atoms with E-state index in [0.717, 1.165) is 6.42 Å². The van der Waals surface area contributed by atoms with Crippen LogP contribution in [0.5, 0.6) is 0 Å². The molecule has 0 aromatic carbocycles. The molecule has 3 fully saturated rings. The zero-order valence-corrected chi connectivity index (χ0v) is 13.5. The van der Waals surface area contributed by atoms with E-state index < -0.39 is 0 Å². The minimum atomic E-state index is 0.0667. The summed E-state index contributed by atoms with van der Waals surface area (Å²) in [5.74, 6) is 1.64. The maximum atomic E-state index is 12.8. The van der Waals surface area contributed by atoms with Gasteiger partial charge in [-0.05, 0) is 42.9 Å². The van der Waals surface area contributed by atoms with Crippen molar-refractivity contribution in [3.63, 3.8) is 0 Å². The Bertz CT molecular complexity index is 384.